The molecular formula is C20H29N3O. The van der Waals surface area contributed by atoms with Crippen LogP contribution in [-0.2, 0) is 13.0 Å². The Morgan fingerprint density at radius 3 is 2.83 bits per heavy atom. The molecule has 3 heterocycles. The number of rotatable bonds is 5. The van der Waals surface area contributed by atoms with Gasteiger partial charge in [0.05, 0.1) is 12.3 Å². The molecule has 4 rings (SSSR count). The number of hydrogen-bond donors (Lipinski definition) is 1. The van der Waals surface area contributed by atoms with E-state index in [1.54, 1.807) is 6.26 Å². The van der Waals surface area contributed by atoms with E-state index >= 15 is 0 Å². The first-order valence-corrected chi connectivity index (χ1v) is 9.69. The van der Waals surface area contributed by atoms with Gasteiger partial charge in [-0.2, -0.15) is 0 Å². The first-order valence-electron chi connectivity index (χ1n) is 9.69. The highest BCUT2D eigenvalue weighted by Crippen LogP contribution is 2.32. The van der Waals surface area contributed by atoms with Crippen molar-refractivity contribution in [2.75, 3.05) is 6.54 Å². The summed E-state index contributed by atoms with van der Waals surface area (Å²) in [5.41, 5.74) is 1.25. The van der Waals surface area contributed by atoms with Gasteiger partial charge in [0.2, 0.25) is 0 Å². The van der Waals surface area contributed by atoms with Crippen LogP contribution in [0.3, 0.4) is 0 Å². The molecule has 0 bridgehead atoms. The van der Waals surface area contributed by atoms with Crippen molar-refractivity contribution in [3.8, 4) is 0 Å². The van der Waals surface area contributed by atoms with Gasteiger partial charge in [0.25, 0.3) is 0 Å². The molecule has 2 aromatic rings. The van der Waals surface area contributed by atoms with Crippen LogP contribution in [0.25, 0.3) is 0 Å². The molecule has 2 aromatic heterocycles. The molecule has 2 fully saturated rings. The predicted molar refractivity (Wildman–Crippen MR) is 94.6 cm³/mol. The van der Waals surface area contributed by atoms with Crippen molar-refractivity contribution in [3.05, 3.63) is 41.9 Å². The van der Waals surface area contributed by atoms with Gasteiger partial charge >= 0.3 is 0 Å². The zero-order chi connectivity index (χ0) is 16.2. The van der Waals surface area contributed by atoms with Crippen molar-refractivity contribution >= 4 is 0 Å². The molecule has 1 atom stereocenters. The van der Waals surface area contributed by atoms with Crippen LogP contribution in [0.5, 0.6) is 0 Å². The van der Waals surface area contributed by atoms with Gasteiger partial charge in [0, 0.05) is 24.9 Å². The Labute approximate surface area is 144 Å². The average Bonchev–Trinajstić information content (AvgIpc) is 3.32. The SMILES string of the molecule is c1coc([C@H]2CCCCCN2Cc2cnc(CC3CCCC3)[nH]2)c1. The van der Waals surface area contributed by atoms with Crippen molar-refractivity contribution in [2.45, 2.75) is 70.4 Å². The van der Waals surface area contributed by atoms with Crippen molar-refractivity contribution in [1.82, 2.24) is 14.9 Å². The summed E-state index contributed by atoms with van der Waals surface area (Å²) in [6, 6.07) is 4.54. The number of aromatic nitrogens is 2. The molecule has 1 aliphatic carbocycles. The Balaban J connectivity index is 1.43. The standard InChI is InChI=1S/C20H29N3O/c1-2-9-18(19-10-6-12-24-19)23(11-5-1)15-17-14-21-20(22-17)13-16-7-3-4-8-16/h6,10,12,14,16,18H,1-5,7-9,11,13,15H2,(H,21,22)/t18-/m1/s1. The molecular weight excluding hydrogens is 298 g/mol. The second kappa shape index (κ2) is 7.56. The Morgan fingerprint density at radius 1 is 1.12 bits per heavy atom. The molecule has 0 radical (unpaired) electrons. The average molecular weight is 327 g/mol. The lowest BCUT2D eigenvalue weighted by Crippen LogP contribution is -2.28. The lowest BCUT2D eigenvalue weighted by molar-refractivity contribution is 0.168. The third-order valence-electron chi connectivity index (χ3n) is 5.75. The van der Waals surface area contributed by atoms with E-state index in [0.29, 0.717) is 6.04 Å². The largest absolute Gasteiger partial charge is 0.468 e. The summed E-state index contributed by atoms with van der Waals surface area (Å²) in [5.74, 6) is 3.14. The van der Waals surface area contributed by atoms with Crippen LogP contribution in [0, 0.1) is 5.92 Å². The minimum Gasteiger partial charge on any atom is -0.468 e. The normalized spacial score (nSPS) is 23.6. The molecule has 0 spiro atoms. The summed E-state index contributed by atoms with van der Waals surface area (Å²) in [6.45, 7) is 2.09. The van der Waals surface area contributed by atoms with Crippen LogP contribution in [0.4, 0.5) is 0 Å². The minimum absolute atomic E-state index is 0.407. The predicted octanol–water partition coefficient (Wildman–Crippen LogP) is 4.85. The van der Waals surface area contributed by atoms with Crippen molar-refractivity contribution in [1.29, 1.82) is 0 Å². The molecule has 1 saturated heterocycles. The molecule has 0 aromatic carbocycles. The number of imidazole rings is 1. The molecule has 2 aliphatic rings. The highest BCUT2D eigenvalue weighted by atomic mass is 16.3. The van der Waals surface area contributed by atoms with Crippen molar-refractivity contribution in [2.24, 2.45) is 5.92 Å². The second-order valence-corrected chi connectivity index (χ2v) is 7.56. The molecule has 4 nitrogen and oxygen atoms in total. The Morgan fingerprint density at radius 2 is 2.00 bits per heavy atom. The zero-order valence-electron chi connectivity index (χ0n) is 14.5. The van der Waals surface area contributed by atoms with Crippen molar-refractivity contribution in [3.63, 3.8) is 0 Å². The lowest BCUT2D eigenvalue weighted by Gasteiger charge is -2.27. The quantitative estimate of drug-likeness (QED) is 0.853. The van der Waals surface area contributed by atoms with Crippen LogP contribution in [0.15, 0.2) is 29.0 Å². The van der Waals surface area contributed by atoms with Gasteiger partial charge in [0.15, 0.2) is 0 Å². The van der Waals surface area contributed by atoms with E-state index in [-0.39, 0.29) is 0 Å². The van der Waals surface area contributed by atoms with E-state index in [2.05, 4.69) is 20.9 Å². The Kier molecular flexibility index (Phi) is 5.02. The van der Waals surface area contributed by atoms with E-state index in [0.717, 1.165) is 31.2 Å². The van der Waals surface area contributed by atoms with Gasteiger partial charge in [-0.05, 0) is 37.4 Å². The van der Waals surface area contributed by atoms with Gasteiger partial charge < -0.3 is 9.40 Å². The first kappa shape index (κ1) is 15.9. The molecule has 130 valence electrons. The molecule has 1 aliphatic heterocycles. The molecule has 0 amide bonds. The molecule has 1 saturated carbocycles. The number of H-pyrrole nitrogens is 1. The zero-order valence-corrected chi connectivity index (χ0v) is 14.5. The van der Waals surface area contributed by atoms with Crippen LogP contribution >= 0.6 is 0 Å². The fourth-order valence-electron chi connectivity index (χ4n) is 4.46. The highest BCUT2D eigenvalue weighted by molar-refractivity contribution is 5.08. The number of nitrogens with one attached hydrogen (secondary N) is 1. The summed E-state index contributed by atoms with van der Waals surface area (Å²) >= 11 is 0. The second-order valence-electron chi connectivity index (χ2n) is 7.56. The Hall–Kier alpha value is -1.55. The highest BCUT2D eigenvalue weighted by Gasteiger charge is 2.25. The number of likely N-dealkylation sites (tertiary alicyclic amines) is 1. The van der Waals surface area contributed by atoms with Crippen LogP contribution in [0.1, 0.15) is 74.7 Å². The Bertz CT molecular complexity index is 613. The lowest BCUT2D eigenvalue weighted by atomic mass is 10.0. The third-order valence-corrected chi connectivity index (χ3v) is 5.75. The van der Waals surface area contributed by atoms with Crippen LogP contribution < -0.4 is 0 Å². The summed E-state index contributed by atoms with van der Waals surface area (Å²) in [5, 5.41) is 0. The summed E-state index contributed by atoms with van der Waals surface area (Å²) < 4.78 is 5.72. The topological polar surface area (TPSA) is 45.1 Å². The van der Waals surface area contributed by atoms with E-state index in [9.17, 15) is 0 Å². The molecule has 0 unspecified atom stereocenters. The van der Waals surface area contributed by atoms with Gasteiger partial charge in [-0.25, -0.2) is 4.98 Å². The van der Waals surface area contributed by atoms with Gasteiger partial charge in [-0.15, -0.1) is 0 Å². The third kappa shape index (κ3) is 3.75. The maximum atomic E-state index is 5.72. The van der Waals surface area contributed by atoms with Gasteiger partial charge in [-0.3, -0.25) is 4.90 Å². The molecule has 4 heteroatoms. The van der Waals surface area contributed by atoms with Crippen LogP contribution in [-0.4, -0.2) is 21.4 Å². The molecule has 24 heavy (non-hydrogen) atoms. The van der Waals surface area contributed by atoms with Crippen LogP contribution in [0.2, 0.25) is 0 Å². The fraction of sp³-hybridized carbons (Fsp3) is 0.650. The monoisotopic (exact) mass is 327 g/mol. The fourth-order valence-corrected chi connectivity index (χ4v) is 4.46. The van der Waals surface area contributed by atoms with E-state index in [4.69, 9.17) is 4.42 Å². The number of hydrogen-bond acceptors (Lipinski definition) is 3. The number of nitrogens with zero attached hydrogens (tertiary/aromatic N) is 2. The summed E-state index contributed by atoms with van der Waals surface area (Å²) in [7, 11) is 0. The number of furan rings is 1. The first-order chi connectivity index (χ1) is 11.9. The number of aromatic amines is 1. The smallest absolute Gasteiger partial charge is 0.120 e. The van der Waals surface area contributed by atoms with Gasteiger partial charge in [-0.1, -0.05) is 38.5 Å². The van der Waals surface area contributed by atoms with Crippen molar-refractivity contribution < 1.29 is 4.42 Å². The summed E-state index contributed by atoms with van der Waals surface area (Å²) in [4.78, 5) is 10.8. The summed E-state index contributed by atoms with van der Waals surface area (Å²) in [6.07, 6.45) is 15.6. The maximum absolute atomic E-state index is 5.72. The minimum atomic E-state index is 0.407. The van der Waals surface area contributed by atoms with E-state index in [1.807, 2.05) is 12.3 Å². The van der Waals surface area contributed by atoms with Gasteiger partial charge in [0.1, 0.15) is 11.6 Å². The molecule has 1 N–H and O–H groups in total. The maximum Gasteiger partial charge on any atom is 0.120 e. The van der Waals surface area contributed by atoms with E-state index in [1.165, 1.54) is 62.9 Å². The van der Waals surface area contributed by atoms with E-state index < -0.39 is 0 Å².